The first-order chi connectivity index (χ1) is 4.98. The average molecular weight is 170 g/mol. The molecule has 0 saturated heterocycles. The second-order valence-electron chi connectivity index (χ2n) is 3.38. The van der Waals surface area contributed by atoms with Gasteiger partial charge in [-0.05, 0) is 33.6 Å². The summed E-state index contributed by atoms with van der Waals surface area (Å²) in [5.41, 5.74) is 0.594. The van der Waals surface area contributed by atoms with Crippen molar-refractivity contribution in [3.8, 4) is 0 Å². The predicted octanol–water partition coefficient (Wildman–Crippen LogP) is 3.31. The summed E-state index contributed by atoms with van der Waals surface area (Å²) >= 11 is 0. The van der Waals surface area contributed by atoms with Crippen molar-refractivity contribution in [3.63, 3.8) is 0 Å². The molecule has 0 rings (SSSR count). The van der Waals surface area contributed by atoms with E-state index in [1.54, 1.807) is 13.0 Å². The zero-order valence-electron chi connectivity index (χ0n) is 7.72. The van der Waals surface area contributed by atoms with Crippen LogP contribution in [-0.2, 0) is 0 Å². The van der Waals surface area contributed by atoms with Gasteiger partial charge in [-0.15, -0.1) is 6.58 Å². The van der Waals surface area contributed by atoms with Crippen molar-refractivity contribution in [2.24, 2.45) is 0 Å². The molecule has 0 aliphatic carbocycles. The van der Waals surface area contributed by atoms with E-state index in [4.69, 9.17) is 0 Å². The molecular formula is C11H22O. The maximum Gasteiger partial charge on any atom is 0.0800 e. The van der Waals surface area contributed by atoms with Crippen LogP contribution < -0.4 is 0 Å². The Morgan fingerprint density at radius 1 is 1.50 bits per heavy atom. The molecule has 1 heteroatoms. The van der Waals surface area contributed by atoms with E-state index in [1.807, 2.05) is 0 Å². The van der Waals surface area contributed by atoms with Crippen LogP contribution in [-0.4, -0.2) is 10.7 Å². The summed E-state index contributed by atoms with van der Waals surface area (Å²) in [6.07, 6.45) is 5.38. The fraction of sp³-hybridized carbons (Fsp3) is 0.636. The fourth-order valence-electron chi connectivity index (χ4n) is 0.755. The minimum atomic E-state index is -0.702. The monoisotopic (exact) mass is 170 g/mol. The van der Waals surface area contributed by atoms with Crippen LogP contribution in [0.15, 0.2) is 24.3 Å². The lowest BCUT2D eigenvalue weighted by atomic mass is 10.00. The molecule has 0 aromatic rings. The number of allylic oxidation sites excluding steroid dienone is 2. The SMILES string of the molecule is C.C=CC(C)(O)CCC=C(C)C. The molecule has 0 amide bonds. The first-order valence-electron chi connectivity index (χ1n) is 3.97. The Kier molecular flexibility index (Phi) is 7.01. The van der Waals surface area contributed by atoms with E-state index in [9.17, 15) is 5.11 Å². The Morgan fingerprint density at radius 3 is 2.33 bits per heavy atom. The van der Waals surface area contributed by atoms with Crippen molar-refractivity contribution in [1.82, 2.24) is 0 Å². The molecule has 1 unspecified atom stereocenters. The van der Waals surface area contributed by atoms with Crippen LogP contribution in [0.1, 0.15) is 41.0 Å². The third kappa shape index (κ3) is 7.55. The van der Waals surface area contributed by atoms with Crippen LogP contribution >= 0.6 is 0 Å². The molecule has 1 N–H and O–H groups in total. The summed E-state index contributed by atoms with van der Waals surface area (Å²) in [4.78, 5) is 0. The molecule has 72 valence electrons. The largest absolute Gasteiger partial charge is 0.386 e. The molecule has 1 atom stereocenters. The first-order valence-corrected chi connectivity index (χ1v) is 3.97. The van der Waals surface area contributed by atoms with Crippen LogP contribution in [0.4, 0.5) is 0 Å². The molecule has 0 saturated carbocycles. The Morgan fingerprint density at radius 2 is 2.00 bits per heavy atom. The van der Waals surface area contributed by atoms with Gasteiger partial charge in [0.05, 0.1) is 5.60 Å². The van der Waals surface area contributed by atoms with E-state index in [1.165, 1.54) is 5.57 Å². The van der Waals surface area contributed by atoms with Gasteiger partial charge in [-0.2, -0.15) is 0 Å². The number of rotatable bonds is 4. The molecule has 0 aliphatic rings. The minimum Gasteiger partial charge on any atom is -0.386 e. The summed E-state index contributed by atoms with van der Waals surface area (Å²) in [5.74, 6) is 0. The van der Waals surface area contributed by atoms with Gasteiger partial charge in [-0.1, -0.05) is 25.2 Å². The van der Waals surface area contributed by atoms with Gasteiger partial charge >= 0.3 is 0 Å². The highest BCUT2D eigenvalue weighted by atomic mass is 16.3. The molecule has 0 radical (unpaired) electrons. The fourth-order valence-corrected chi connectivity index (χ4v) is 0.755. The third-order valence-corrected chi connectivity index (χ3v) is 1.64. The Bertz CT molecular complexity index is 150. The van der Waals surface area contributed by atoms with Crippen molar-refractivity contribution in [2.75, 3.05) is 0 Å². The van der Waals surface area contributed by atoms with E-state index < -0.39 is 5.60 Å². The molecule has 0 heterocycles. The summed E-state index contributed by atoms with van der Waals surface area (Å²) in [6.45, 7) is 9.45. The molecule has 0 aromatic heterocycles. The van der Waals surface area contributed by atoms with Crippen LogP contribution in [0, 0.1) is 0 Å². The van der Waals surface area contributed by atoms with Crippen molar-refractivity contribution >= 4 is 0 Å². The minimum absolute atomic E-state index is 0. The molecule has 0 fully saturated rings. The number of hydrogen-bond donors (Lipinski definition) is 1. The van der Waals surface area contributed by atoms with E-state index >= 15 is 0 Å². The van der Waals surface area contributed by atoms with Crippen LogP contribution in [0.25, 0.3) is 0 Å². The summed E-state index contributed by atoms with van der Waals surface area (Å²) in [6, 6.07) is 0. The van der Waals surface area contributed by atoms with Crippen LogP contribution in [0.5, 0.6) is 0 Å². The van der Waals surface area contributed by atoms with Gasteiger partial charge in [0.1, 0.15) is 0 Å². The maximum absolute atomic E-state index is 9.49. The van der Waals surface area contributed by atoms with Crippen molar-refractivity contribution < 1.29 is 5.11 Å². The Balaban J connectivity index is 0. The maximum atomic E-state index is 9.49. The number of aliphatic hydroxyl groups is 1. The lowest BCUT2D eigenvalue weighted by molar-refractivity contribution is 0.103. The zero-order valence-corrected chi connectivity index (χ0v) is 7.72. The lowest BCUT2D eigenvalue weighted by Crippen LogP contribution is -2.19. The Hall–Kier alpha value is -0.560. The van der Waals surface area contributed by atoms with Crippen LogP contribution in [0.3, 0.4) is 0 Å². The summed E-state index contributed by atoms with van der Waals surface area (Å²) in [5, 5.41) is 9.49. The van der Waals surface area contributed by atoms with Gasteiger partial charge in [0.2, 0.25) is 0 Å². The second kappa shape index (κ2) is 6.01. The second-order valence-corrected chi connectivity index (χ2v) is 3.38. The van der Waals surface area contributed by atoms with Gasteiger partial charge in [-0.3, -0.25) is 0 Å². The van der Waals surface area contributed by atoms with Gasteiger partial charge in [-0.25, -0.2) is 0 Å². The standard InChI is InChI=1S/C10H18O.CH4/c1-5-10(4,11)8-6-7-9(2)3;/h5,7,11H,1,6,8H2,2-4H3;1H4. The van der Waals surface area contributed by atoms with Gasteiger partial charge in [0.15, 0.2) is 0 Å². The summed E-state index contributed by atoms with van der Waals surface area (Å²) in [7, 11) is 0. The van der Waals surface area contributed by atoms with E-state index in [-0.39, 0.29) is 7.43 Å². The third-order valence-electron chi connectivity index (χ3n) is 1.64. The molecule has 0 aliphatic heterocycles. The number of hydrogen-bond acceptors (Lipinski definition) is 1. The Labute approximate surface area is 76.8 Å². The molecule has 1 nitrogen and oxygen atoms in total. The first kappa shape index (κ1) is 14.0. The highest BCUT2D eigenvalue weighted by Crippen LogP contribution is 2.13. The topological polar surface area (TPSA) is 20.2 Å². The summed E-state index contributed by atoms with van der Waals surface area (Å²) < 4.78 is 0. The predicted molar refractivity (Wildman–Crippen MR) is 56.2 cm³/mol. The van der Waals surface area contributed by atoms with Crippen molar-refractivity contribution in [1.29, 1.82) is 0 Å². The lowest BCUT2D eigenvalue weighted by Gasteiger charge is -2.16. The van der Waals surface area contributed by atoms with Crippen molar-refractivity contribution in [3.05, 3.63) is 24.3 Å². The molecule has 12 heavy (non-hydrogen) atoms. The smallest absolute Gasteiger partial charge is 0.0800 e. The van der Waals surface area contributed by atoms with E-state index in [0.717, 1.165) is 12.8 Å². The zero-order chi connectivity index (χ0) is 8.91. The van der Waals surface area contributed by atoms with E-state index in [2.05, 4.69) is 26.5 Å². The molecule has 0 aromatic carbocycles. The molecule has 0 bridgehead atoms. The normalized spacial score (nSPS) is 14.0. The quantitative estimate of drug-likeness (QED) is 0.642. The van der Waals surface area contributed by atoms with E-state index in [0.29, 0.717) is 0 Å². The van der Waals surface area contributed by atoms with Gasteiger partial charge in [0.25, 0.3) is 0 Å². The van der Waals surface area contributed by atoms with Gasteiger partial charge in [0, 0.05) is 0 Å². The van der Waals surface area contributed by atoms with Gasteiger partial charge < -0.3 is 5.11 Å². The van der Waals surface area contributed by atoms with Crippen molar-refractivity contribution in [2.45, 2.75) is 46.6 Å². The highest BCUT2D eigenvalue weighted by Gasteiger charge is 2.12. The highest BCUT2D eigenvalue weighted by molar-refractivity contribution is 4.97. The molecular weight excluding hydrogens is 148 g/mol. The molecule has 0 spiro atoms. The average Bonchev–Trinajstić information content (AvgIpc) is 1.87. The van der Waals surface area contributed by atoms with Crippen LogP contribution in [0.2, 0.25) is 0 Å².